The van der Waals surface area contributed by atoms with Gasteiger partial charge in [0.15, 0.2) is 0 Å². The first-order chi connectivity index (χ1) is 17.7. The smallest absolute Gasteiger partial charge is 0.266 e. The molecule has 1 atom stereocenters. The lowest BCUT2D eigenvalue weighted by molar-refractivity contribution is 0.0644. The quantitative estimate of drug-likeness (QED) is 0.246. The van der Waals surface area contributed by atoms with Crippen LogP contribution in [-0.2, 0) is 0 Å². The molecule has 0 fully saturated rings. The minimum absolute atomic E-state index is 0.113. The fourth-order valence-electron chi connectivity index (χ4n) is 4.42. The van der Waals surface area contributed by atoms with Gasteiger partial charge in [0.2, 0.25) is 0 Å². The van der Waals surface area contributed by atoms with Crippen LogP contribution in [0.3, 0.4) is 0 Å². The van der Waals surface area contributed by atoms with Crippen molar-refractivity contribution in [1.82, 2.24) is 19.4 Å². The molecular weight excluding hydrogens is 552 g/mol. The highest BCUT2D eigenvalue weighted by atomic mass is 79.9. The number of halogens is 2. The highest BCUT2D eigenvalue weighted by molar-refractivity contribution is 9.10. The summed E-state index contributed by atoms with van der Waals surface area (Å²) in [4.78, 5) is 36.7. The molecule has 1 amide bonds. The SMILES string of the molecule is CCC(c1nc2cc(Cl)ccc2c(=O)n1-c1cccc(C)c1)N(CCN(C)C)C(=O)c1ccc(Br)cc1. The number of carbonyl (C=O) groups is 1. The lowest BCUT2D eigenvalue weighted by Crippen LogP contribution is -2.41. The molecule has 4 aromatic rings. The van der Waals surface area contributed by atoms with Gasteiger partial charge < -0.3 is 9.80 Å². The van der Waals surface area contributed by atoms with Gasteiger partial charge in [0, 0.05) is 28.1 Å². The lowest BCUT2D eigenvalue weighted by Gasteiger charge is -2.33. The Morgan fingerprint density at radius 2 is 1.78 bits per heavy atom. The Balaban J connectivity index is 1.96. The molecule has 192 valence electrons. The fourth-order valence-corrected chi connectivity index (χ4v) is 4.85. The van der Waals surface area contributed by atoms with E-state index in [9.17, 15) is 9.59 Å². The summed E-state index contributed by atoms with van der Waals surface area (Å²) in [7, 11) is 3.95. The van der Waals surface area contributed by atoms with Crippen LogP contribution in [0.4, 0.5) is 0 Å². The minimum Gasteiger partial charge on any atom is -0.327 e. The largest absolute Gasteiger partial charge is 0.327 e. The van der Waals surface area contributed by atoms with Crippen LogP contribution >= 0.6 is 27.5 Å². The molecule has 0 radical (unpaired) electrons. The molecule has 0 aliphatic heterocycles. The first-order valence-electron chi connectivity index (χ1n) is 12.2. The minimum atomic E-state index is -0.451. The van der Waals surface area contributed by atoms with Gasteiger partial charge in [0.25, 0.3) is 11.5 Å². The molecule has 1 heterocycles. The van der Waals surface area contributed by atoms with E-state index in [1.54, 1.807) is 22.8 Å². The number of fused-ring (bicyclic) bond motifs is 1. The number of hydrogen-bond acceptors (Lipinski definition) is 4. The van der Waals surface area contributed by atoms with Gasteiger partial charge in [-0.1, -0.05) is 46.6 Å². The summed E-state index contributed by atoms with van der Waals surface area (Å²) in [5.41, 5.74) is 2.64. The number of carbonyl (C=O) groups excluding carboxylic acids is 1. The number of amides is 1. The average molecular weight is 582 g/mol. The van der Waals surface area contributed by atoms with E-state index in [1.807, 2.05) is 86.3 Å². The van der Waals surface area contributed by atoms with E-state index in [0.717, 1.165) is 10.0 Å². The zero-order chi connectivity index (χ0) is 26.7. The number of hydrogen-bond donors (Lipinski definition) is 0. The summed E-state index contributed by atoms with van der Waals surface area (Å²) >= 11 is 9.73. The number of aromatic nitrogens is 2. The first-order valence-corrected chi connectivity index (χ1v) is 13.4. The molecule has 6 nitrogen and oxygen atoms in total. The maximum Gasteiger partial charge on any atom is 0.266 e. The second-order valence-corrected chi connectivity index (χ2v) is 10.7. The number of aryl methyl sites for hydroxylation is 1. The van der Waals surface area contributed by atoms with Crippen molar-refractivity contribution in [3.63, 3.8) is 0 Å². The summed E-state index contributed by atoms with van der Waals surface area (Å²) < 4.78 is 2.55. The maximum atomic E-state index is 13.9. The Morgan fingerprint density at radius 1 is 1.05 bits per heavy atom. The van der Waals surface area contributed by atoms with Crippen LogP contribution in [0.1, 0.15) is 41.1 Å². The predicted molar refractivity (Wildman–Crippen MR) is 154 cm³/mol. The van der Waals surface area contributed by atoms with Crippen LogP contribution in [0.15, 0.2) is 76.0 Å². The molecular formula is C29H30BrClN4O2. The highest BCUT2D eigenvalue weighted by Crippen LogP contribution is 2.28. The Labute approximate surface area is 230 Å². The molecule has 0 N–H and O–H groups in total. The molecule has 4 rings (SSSR count). The van der Waals surface area contributed by atoms with Crippen LogP contribution in [-0.4, -0.2) is 52.4 Å². The Kier molecular flexibility index (Phi) is 8.47. The number of rotatable bonds is 8. The summed E-state index contributed by atoms with van der Waals surface area (Å²) in [6.07, 6.45) is 0.569. The third-order valence-electron chi connectivity index (χ3n) is 6.32. The molecule has 3 aromatic carbocycles. The van der Waals surface area contributed by atoms with Gasteiger partial charge in [-0.25, -0.2) is 4.98 Å². The number of likely N-dealkylation sites (N-methyl/N-ethyl adjacent to an activating group) is 1. The third kappa shape index (κ3) is 5.95. The van der Waals surface area contributed by atoms with Gasteiger partial charge in [-0.15, -0.1) is 0 Å². The molecule has 0 aliphatic carbocycles. The molecule has 1 aromatic heterocycles. The van der Waals surface area contributed by atoms with Crippen LogP contribution < -0.4 is 5.56 Å². The second-order valence-electron chi connectivity index (χ2n) is 9.34. The van der Waals surface area contributed by atoms with E-state index >= 15 is 0 Å². The van der Waals surface area contributed by atoms with Crippen molar-refractivity contribution in [3.05, 3.63) is 104 Å². The Hall–Kier alpha value is -3.00. The van der Waals surface area contributed by atoms with Gasteiger partial charge in [-0.3, -0.25) is 14.2 Å². The van der Waals surface area contributed by atoms with E-state index in [4.69, 9.17) is 16.6 Å². The molecule has 0 saturated carbocycles. The molecule has 37 heavy (non-hydrogen) atoms. The van der Waals surface area contributed by atoms with Crippen LogP contribution in [0.25, 0.3) is 16.6 Å². The van der Waals surface area contributed by atoms with Gasteiger partial charge in [-0.2, -0.15) is 0 Å². The third-order valence-corrected chi connectivity index (χ3v) is 7.08. The topological polar surface area (TPSA) is 58.4 Å². The van der Waals surface area contributed by atoms with Crippen molar-refractivity contribution >= 4 is 44.3 Å². The fraction of sp³-hybridized carbons (Fsp3) is 0.276. The van der Waals surface area contributed by atoms with E-state index in [1.165, 1.54) is 0 Å². The Bertz CT molecular complexity index is 1480. The van der Waals surface area contributed by atoms with Crippen molar-refractivity contribution in [2.45, 2.75) is 26.3 Å². The summed E-state index contributed by atoms with van der Waals surface area (Å²) in [5, 5.41) is 0.977. The van der Waals surface area contributed by atoms with Crippen LogP contribution in [0.2, 0.25) is 5.02 Å². The monoisotopic (exact) mass is 580 g/mol. The molecule has 0 bridgehead atoms. The van der Waals surface area contributed by atoms with Gasteiger partial charge in [0.1, 0.15) is 5.82 Å². The highest BCUT2D eigenvalue weighted by Gasteiger charge is 2.30. The number of nitrogens with zero attached hydrogens (tertiary/aromatic N) is 4. The van der Waals surface area contributed by atoms with Crippen LogP contribution in [0, 0.1) is 6.92 Å². The Morgan fingerprint density at radius 3 is 2.43 bits per heavy atom. The van der Waals surface area contributed by atoms with Crippen molar-refractivity contribution in [1.29, 1.82) is 0 Å². The van der Waals surface area contributed by atoms with Gasteiger partial charge >= 0.3 is 0 Å². The molecule has 0 spiro atoms. The summed E-state index contributed by atoms with van der Waals surface area (Å²) in [5.74, 6) is 0.398. The molecule has 1 unspecified atom stereocenters. The first kappa shape index (κ1) is 27.0. The summed E-state index contributed by atoms with van der Waals surface area (Å²) in [6.45, 7) is 5.13. The van der Waals surface area contributed by atoms with Crippen molar-refractivity contribution < 1.29 is 4.79 Å². The zero-order valence-corrected chi connectivity index (χ0v) is 23.8. The van der Waals surface area contributed by atoms with Crippen molar-refractivity contribution in [3.8, 4) is 5.69 Å². The van der Waals surface area contributed by atoms with E-state index < -0.39 is 6.04 Å². The second kappa shape index (κ2) is 11.6. The van der Waals surface area contributed by atoms with E-state index in [2.05, 4.69) is 15.9 Å². The van der Waals surface area contributed by atoms with Crippen LogP contribution in [0.5, 0.6) is 0 Å². The van der Waals surface area contributed by atoms with Gasteiger partial charge in [-0.05, 0) is 87.6 Å². The normalized spacial score (nSPS) is 12.2. The van der Waals surface area contributed by atoms with E-state index in [-0.39, 0.29) is 11.5 Å². The molecule has 8 heteroatoms. The lowest BCUT2D eigenvalue weighted by atomic mass is 10.1. The molecule has 0 aliphatic rings. The van der Waals surface area contributed by atoms with E-state index in [0.29, 0.717) is 52.5 Å². The maximum absolute atomic E-state index is 13.9. The zero-order valence-electron chi connectivity index (χ0n) is 21.4. The number of benzene rings is 3. The standard InChI is InChI=1S/C29H30BrClN4O2/c1-5-26(34(16-15-33(3)4)28(36)20-9-11-21(30)12-10-20)27-32-25-18-22(31)13-14-24(25)29(37)35(27)23-8-6-7-19(2)17-23/h6-14,17-18,26H,5,15-16H2,1-4H3. The van der Waals surface area contributed by atoms with Gasteiger partial charge in [0.05, 0.1) is 22.6 Å². The molecule has 0 saturated heterocycles. The average Bonchev–Trinajstić information content (AvgIpc) is 2.86. The van der Waals surface area contributed by atoms with Crippen molar-refractivity contribution in [2.75, 3.05) is 27.2 Å². The van der Waals surface area contributed by atoms with Crippen molar-refractivity contribution in [2.24, 2.45) is 0 Å². The summed E-state index contributed by atoms with van der Waals surface area (Å²) in [6, 6.07) is 19.8. The predicted octanol–water partition coefficient (Wildman–Crippen LogP) is 6.27.